The van der Waals surface area contributed by atoms with Crippen LogP contribution in [0.3, 0.4) is 0 Å². The number of aromatic nitrogens is 1. The first kappa shape index (κ1) is 15.7. The van der Waals surface area contributed by atoms with Crippen LogP contribution in [0.25, 0.3) is 10.8 Å². The second-order valence-electron chi connectivity index (χ2n) is 5.01. The van der Waals surface area contributed by atoms with Crippen LogP contribution in [-0.2, 0) is 11.2 Å². The van der Waals surface area contributed by atoms with E-state index in [0.717, 1.165) is 4.88 Å². The van der Waals surface area contributed by atoms with Gasteiger partial charge in [-0.05, 0) is 24.3 Å². The molecule has 0 fully saturated rings. The summed E-state index contributed by atoms with van der Waals surface area (Å²) in [6.45, 7) is 4.07. The Balaban J connectivity index is 1.89. The van der Waals surface area contributed by atoms with Crippen molar-refractivity contribution in [2.45, 2.75) is 38.7 Å². The van der Waals surface area contributed by atoms with Gasteiger partial charge in [-0.25, -0.2) is 4.98 Å². The summed E-state index contributed by atoms with van der Waals surface area (Å²) in [4.78, 5) is 17.1. The van der Waals surface area contributed by atoms with Gasteiger partial charge in [0.15, 0.2) is 0 Å². The Labute approximate surface area is 128 Å². The van der Waals surface area contributed by atoms with Gasteiger partial charge < -0.3 is 14.8 Å². The molecule has 0 radical (unpaired) electrons. The summed E-state index contributed by atoms with van der Waals surface area (Å²) < 4.78 is 5.37. The summed E-state index contributed by atoms with van der Waals surface area (Å²) in [5, 5.41) is 14.8. The largest absolute Gasteiger partial charge is 0.444 e. The van der Waals surface area contributed by atoms with Gasteiger partial charge in [0, 0.05) is 6.54 Å². The fraction of sp³-hybridized carbons (Fsp3) is 0.467. The van der Waals surface area contributed by atoms with Crippen LogP contribution in [-0.4, -0.2) is 28.1 Å². The average Bonchev–Trinajstić information content (AvgIpc) is 3.15. The predicted molar refractivity (Wildman–Crippen MR) is 82.1 cm³/mol. The Kier molecular flexibility index (Phi) is 5.14. The van der Waals surface area contributed by atoms with Gasteiger partial charge in [-0.1, -0.05) is 19.9 Å². The molecule has 1 amide bonds. The zero-order valence-corrected chi connectivity index (χ0v) is 13.1. The highest BCUT2D eigenvalue weighted by atomic mass is 32.1. The summed E-state index contributed by atoms with van der Waals surface area (Å²) in [5.41, 5.74) is -0.242. The van der Waals surface area contributed by atoms with Crippen molar-refractivity contribution in [3.63, 3.8) is 0 Å². The molecule has 0 bridgehead atoms. The predicted octanol–water partition coefficient (Wildman–Crippen LogP) is 2.61. The Morgan fingerprint density at radius 2 is 2.24 bits per heavy atom. The van der Waals surface area contributed by atoms with Gasteiger partial charge in [-0.3, -0.25) is 4.79 Å². The molecule has 2 aromatic heterocycles. The molecular formula is C15H20N2O3S. The van der Waals surface area contributed by atoms with E-state index in [0.29, 0.717) is 24.4 Å². The van der Waals surface area contributed by atoms with Gasteiger partial charge in [0.2, 0.25) is 11.8 Å². The van der Waals surface area contributed by atoms with E-state index in [1.54, 1.807) is 0 Å². The van der Waals surface area contributed by atoms with Gasteiger partial charge >= 0.3 is 0 Å². The zero-order chi connectivity index (χ0) is 15.3. The molecule has 0 spiro atoms. The van der Waals surface area contributed by atoms with Crippen LogP contribution in [0.2, 0.25) is 0 Å². The third-order valence-corrected chi connectivity index (χ3v) is 4.41. The molecule has 0 saturated carbocycles. The van der Waals surface area contributed by atoms with E-state index >= 15 is 0 Å². The molecule has 0 aromatic carbocycles. The van der Waals surface area contributed by atoms with Crippen LogP contribution in [0, 0.1) is 0 Å². The monoisotopic (exact) mass is 308 g/mol. The normalized spacial score (nSPS) is 11.6. The van der Waals surface area contributed by atoms with Gasteiger partial charge in [0.25, 0.3) is 0 Å². The molecule has 5 nitrogen and oxygen atoms in total. The van der Waals surface area contributed by atoms with Crippen LogP contribution in [0.4, 0.5) is 0 Å². The number of hydrogen-bond acceptors (Lipinski definition) is 5. The molecule has 0 aliphatic carbocycles. The van der Waals surface area contributed by atoms with Crippen LogP contribution in [0.5, 0.6) is 0 Å². The molecule has 0 aliphatic rings. The van der Waals surface area contributed by atoms with Crippen molar-refractivity contribution in [2.75, 3.05) is 6.54 Å². The minimum absolute atomic E-state index is 0.151. The summed E-state index contributed by atoms with van der Waals surface area (Å²) in [7, 11) is 0. The van der Waals surface area contributed by atoms with E-state index in [4.69, 9.17) is 4.42 Å². The molecule has 2 aromatic rings. The first-order chi connectivity index (χ1) is 10.1. The first-order valence-corrected chi connectivity index (χ1v) is 7.91. The minimum atomic E-state index is -0.832. The highest BCUT2D eigenvalue weighted by molar-refractivity contribution is 7.13. The van der Waals surface area contributed by atoms with Crippen molar-refractivity contribution in [3.05, 3.63) is 29.5 Å². The van der Waals surface area contributed by atoms with E-state index in [1.165, 1.54) is 17.6 Å². The summed E-state index contributed by atoms with van der Waals surface area (Å²) in [6, 6.07) is 3.84. The second kappa shape index (κ2) is 6.87. The Hall–Kier alpha value is -1.66. The molecular weight excluding hydrogens is 288 g/mol. The molecule has 2 rings (SSSR count). The maximum atomic E-state index is 11.9. The van der Waals surface area contributed by atoms with Crippen molar-refractivity contribution in [1.82, 2.24) is 10.3 Å². The van der Waals surface area contributed by atoms with Crippen molar-refractivity contribution in [3.8, 4) is 10.8 Å². The Bertz CT molecular complexity index is 574. The highest BCUT2D eigenvalue weighted by Gasteiger charge is 2.23. The number of aliphatic hydroxyl groups is 1. The van der Waals surface area contributed by atoms with E-state index in [1.807, 2.05) is 31.4 Å². The molecule has 2 heterocycles. The maximum Gasteiger partial charge on any atom is 0.236 e. The van der Waals surface area contributed by atoms with Crippen molar-refractivity contribution in [1.29, 1.82) is 0 Å². The van der Waals surface area contributed by atoms with Gasteiger partial charge in [0.05, 0.1) is 22.6 Å². The van der Waals surface area contributed by atoms with Crippen LogP contribution in [0.15, 0.2) is 28.2 Å². The standard InChI is InChI=1S/C15H20N2O3S/c1-3-15(19,4-2)10-16-13(18)8-11-9-20-14(17-11)12-6-5-7-21-12/h5-7,9,19H,3-4,8,10H2,1-2H3,(H,16,18). The number of amides is 1. The Morgan fingerprint density at radius 3 is 2.86 bits per heavy atom. The quantitative estimate of drug-likeness (QED) is 0.824. The highest BCUT2D eigenvalue weighted by Crippen LogP contribution is 2.23. The number of thiophene rings is 1. The Morgan fingerprint density at radius 1 is 1.48 bits per heavy atom. The summed E-state index contributed by atoms with van der Waals surface area (Å²) in [5.74, 6) is 0.368. The number of nitrogens with zero attached hydrogens (tertiary/aromatic N) is 1. The van der Waals surface area contributed by atoms with Crippen molar-refractivity contribution < 1.29 is 14.3 Å². The summed E-state index contributed by atoms with van der Waals surface area (Å²) in [6.07, 6.45) is 2.87. The molecule has 21 heavy (non-hydrogen) atoms. The van der Waals surface area contributed by atoms with Crippen LogP contribution in [0.1, 0.15) is 32.4 Å². The third kappa shape index (κ3) is 4.15. The van der Waals surface area contributed by atoms with Crippen molar-refractivity contribution in [2.24, 2.45) is 0 Å². The van der Waals surface area contributed by atoms with E-state index in [2.05, 4.69) is 10.3 Å². The lowest BCUT2D eigenvalue weighted by Gasteiger charge is -2.25. The lowest BCUT2D eigenvalue weighted by atomic mass is 9.97. The molecule has 2 N–H and O–H groups in total. The van der Waals surface area contributed by atoms with Crippen LogP contribution >= 0.6 is 11.3 Å². The lowest BCUT2D eigenvalue weighted by molar-refractivity contribution is -0.121. The minimum Gasteiger partial charge on any atom is -0.444 e. The average molecular weight is 308 g/mol. The maximum absolute atomic E-state index is 11.9. The van der Waals surface area contributed by atoms with Crippen LogP contribution < -0.4 is 5.32 Å². The fourth-order valence-corrected chi connectivity index (χ4v) is 2.55. The molecule has 0 unspecified atom stereocenters. The number of oxazole rings is 1. The number of carbonyl (C=O) groups is 1. The molecule has 0 atom stereocenters. The number of hydrogen-bond donors (Lipinski definition) is 2. The second-order valence-corrected chi connectivity index (χ2v) is 5.95. The van der Waals surface area contributed by atoms with E-state index in [9.17, 15) is 9.90 Å². The topological polar surface area (TPSA) is 75.4 Å². The number of carbonyl (C=O) groups excluding carboxylic acids is 1. The molecule has 0 saturated heterocycles. The lowest BCUT2D eigenvalue weighted by Crippen LogP contribution is -2.42. The molecule has 114 valence electrons. The van der Waals surface area contributed by atoms with Crippen molar-refractivity contribution >= 4 is 17.2 Å². The van der Waals surface area contributed by atoms with E-state index < -0.39 is 5.60 Å². The molecule has 0 aliphatic heterocycles. The molecule has 6 heteroatoms. The fourth-order valence-electron chi connectivity index (χ4n) is 1.89. The zero-order valence-electron chi connectivity index (χ0n) is 12.3. The number of rotatable bonds is 7. The first-order valence-electron chi connectivity index (χ1n) is 7.03. The van der Waals surface area contributed by atoms with Gasteiger partial charge in [0.1, 0.15) is 6.26 Å². The van der Waals surface area contributed by atoms with Gasteiger partial charge in [-0.15, -0.1) is 11.3 Å². The summed E-state index contributed by atoms with van der Waals surface area (Å²) >= 11 is 1.54. The van der Waals surface area contributed by atoms with E-state index in [-0.39, 0.29) is 18.9 Å². The number of nitrogens with one attached hydrogen (secondary N) is 1. The SMILES string of the molecule is CCC(O)(CC)CNC(=O)Cc1coc(-c2cccs2)n1. The smallest absolute Gasteiger partial charge is 0.236 e. The van der Waals surface area contributed by atoms with Gasteiger partial charge in [-0.2, -0.15) is 0 Å². The third-order valence-electron chi connectivity index (χ3n) is 3.56.